The first kappa shape index (κ1) is 15.5. The third kappa shape index (κ3) is 3.83. The Bertz CT molecular complexity index is 372. The quantitative estimate of drug-likeness (QED) is 0.726. The molecule has 1 heterocycles. The Kier molecular flexibility index (Phi) is 6.06. The standard InChI is InChI=1S/C18H29NO/c1-3-12-19-15-18(4-2,14-17-11-8-13-20-17)16-9-6-5-7-10-16/h5-7,9-10,17,19H,3-4,8,11-15H2,1-2H3. The molecule has 1 fully saturated rings. The van der Waals surface area contributed by atoms with Gasteiger partial charge in [-0.15, -0.1) is 0 Å². The molecule has 1 aromatic rings. The summed E-state index contributed by atoms with van der Waals surface area (Å²) in [6.45, 7) is 7.64. The molecule has 0 amide bonds. The summed E-state index contributed by atoms with van der Waals surface area (Å²) in [7, 11) is 0. The first-order chi connectivity index (χ1) is 9.80. The average molecular weight is 275 g/mol. The number of hydrogen-bond donors (Lipinski definition) is 1. The molecule has 20 heavy (non-hydrogen) atoms. The van der Waals surface area contributed by atoms with E-state index in [0.29, 0.717) is 6.10 Å². The fourth-order valence-corrected chi connectivity index (χ4v) is 3.30. The molecule has 2 heteroatoms. The maximum atomic E-state index is 5.91. The number of benzene rings is 1. The summed E-state index contributed by atoms with van der Waals surface area (Å²) in [6, 6.07) is 11.0. The smallest absolute Gasteiger partial charge is 0.0585 e. The summed E-state index contributed by atoms with van der Waals surface area (Å²) in [6.07, 6.45) is 6.38. The molecule has 2 nitrogen and oxygen atoms in total. The molecule has 2 rings (SSSR count). The van der Waals surface area contributed by atoms with E-state index in [1.54, 1.807) is 0 Å². The topological polar surface area (TPSA) is 21.3 Å². The fraction of sp³-hybridized carbons (Fsp3) is 0.667. The molecular formula is C18H29NO. The van der Waals surface area contributed by atoms with Crippen LogP contribution in [0.2, 0.25) is 0 Å². The molecule has 0 bridgehead atoms. The first-order valence-corrected chi connectivity index (χ1v) is 8.18. The number of rotatable bonds is 8. The zero-order valence-corrected chi connectivity index (χ0v) is 13.0. The molecule has 1 aliphatic rings. The van der Waals surface area contributed by atoms with Gasteiger partial charge in [0.15, 0.2) is 0 Å². The van der Waals surface area contributed by atoms with Crippen LogP contribution in [0, 0.1) is 0 Å². The maximum absolute atomic E-state index is 5.91. The predicted molar refractivity (Wildman–Crippen MR) is 85.2 cm³/mol. The summed E-state index contributed by atoms with van der Waals surface area (Å²) in [5, 5.41) is 3.64. The summed E-state index contributed by atoms with van der Waals surface area (Å²) in [4.78, 5) is 0. The summed E-state index contributed by atoms with van der Waals surface area (Å²) in [5.41, 5.74) is 1.67. The second-order valence-corrected chi connectivity index (χ2v) is 6.02. The van der Waals surface area contributed by atoms with Gasteiger partial charge in [0.05, 0.1) is 6.10 Å². The summed E-state index contributed by atoms with van der Waals surface area (Å²) >= 11 is 0. The van der Waals surface area contributed by atoms with E-state index < -0.39 is 0 Å². The van der Waals surface area contributed by atoms with Crippen molar-refractivity contribution in [2.45, 2.75) is 57.5 Å². The van der Waals surface area contributed by atoms with Gasteiger partial charge >= 0.3 is 0 Å². The van der Waals surface area contributed by atoms with Crippen molar-refractivity contribution in [2.24, 2.45) is 0 Å². The van der Waals surface area contributed by atoms with Crippen molar-refractivity contribution in [3.05, 3.63) is 35.9 Å². The molecule has 2 atom stereocenters. The zero-order chi connectivity index (χ0) is 14.3. The van der Waals surface area contributed by atoms with Gasteiger partial charge in [0, 0.05) is 18.6 Å². The van der Waals surface area contributed by atoms with Gasteiger partial charge in [-0.2, -0.15) is 0 Å². The van der Waals surface area contributed by atoms with E-state index in [1.165, 1.54) is 24.8 Å². The van der Waals surface area contributed by atoms with Gasteiger partial charge in [-0.25, -0.2) is 0 Å². The number of ether oxygens (including phenoxy) is 1. The average Bonchev–Trinajstić information content (AvgIpc) is 3.00. The van der Waals surface area contributed by atoms with Crippen molar-refractivity contribution < 1.29 is 4.74 Å². The molecule has 0 saturated carbocycles. The van der Waals surface area contributed by atoms with Gasteiger partial charge in [0.1, 0.15) is 0 Å². The van der Waals surface area contributed by atoms with Crippen LogP contribution in [0.3, 0.4) is 0 Å². The molecule has 1 aliphatic heterocycles. The van der Waals surface area contributed by atoms with Crippen LogP contribution < -0.4 is 5.32 Å². The van der Waals surface area contributed by atoms with E-state index in [1.807, 2.05) is 0 Å². The molecule has 1 saturated heterocycles. The second kappa shape index (κ2) is 7.80. The van der Waals surface area contributed by atoms with Crippen LogP contribution in [-0.2, 0) is 10.2 Å². The van der Waals surface area contributed by atoms with Gasteiger partial charge in [-0.05, 0) is 44.2 Å². The highest BCUT2D eigenvalue weighted by molar-refractivity contribution is 5.26. The van der Waals surface area contributed by atoms with Crippen LogP contribution in [0.4, 0.5) is 0 Å². The third-order valence-electron chi connectivity index (χ3n) is 4.60. The molecule has 0 aromatic heterocycles. The monoisotopic (exact) mass is 275 g/mol. The fourth-order valence-electron chi connectivity index (χ4n) is 3.30. The largest absolute Gasteiger partial charge is 0.378 e. The Labute approximate surface area is 123 Å². The minimum Gasteiger partial charge on any atom is -0.378 e. The Morgan fingerprint density at radius 1 is 1.25 bits per heavy atom. The Hall–Kier alpha value is -0.860. The first-order valence-electron chi connectivity index (χ1n) is 8.18. The van der Waals surface area contributed by atoms with E-state index >= 15 is 0 Å². The summed E-state index contributed by atoms with van der Waals surface area (Å²) < 4.78 is 5.91. The highest BCUT2D eigenvalue weighted by Crippen LogP contribution is 2.35. The predicted octanol–water partition coefficient (Wildman–Crippen LogP) is 3.90. The highest BCUT2D eigenvalue weighted by Gasteiger charge is 2.34. The van der Waals surface area contributed by atoms with Crippen LogP contribution in [0.15, 0.2) is 30.3 Å². The van der Waals surface area contributed by atoms with Crippen LogP contribution in [-0.4, -0.2) is 25.8 Å². The van der Waals surface area contributed by atoms with Crippen LogP contribution in [0.25, 0.3) is 0 Å². The molecular weight excluding hydrogens is 246 g/mol. The van der Waals surface area contributed by atoms with E-state index in [4.69, 9.17) is 4.74 Å². The SMILES string of the molecule is CCCNCC(CC)(CC1CCCO1)c1ccccc1. The molecule has 2 unspecified atom stereocenters. The van der Waals surface area contributed by atoms with Gasteiger partial charge in [-0.1, -0.05) is 44.2 Å². The lowest BCUT2D eigenvalue weighted by Crippen LogP contribution is -2.40. The Morgan fingerprint density at radius 2 is 2.05 bits per heavy atom. The number of nitrogens with one attached hydrogen (secondary N) is 1. The van der Waals surface area contributed by atoms with Crippen LogP contribution >= 0.6 is 0 Å². The molecule has 0 spiro atoms. The van der Waals surface area contributed by atoms with Gasteiger partial charge in [-0.3, -0.25) is 0 Å². The van der Waals surface area contributed by atoms with Crippen molar-refractivity contribution in [3.8, 4) is 0 Å². The van der Waals surface area contributed by atoms with Crippen LogP contribution in [0.1, 0.15) is 51.5 Å². The van der Waals surface area contributed by atoms with E-state index in [2.05, 4.69) is 49.5 Å². The van der Waals surface area contributed by atoms with E-state index in [0.717, 1.165) is 32.5 Å². The molecule has 112 valence electrons. The molecule has 1 aromatic carbocycles. The van der Waals surface area contributed by atoms with Gasteiger partial charge < -0.3 is 10.1 Å². The van der Waals surface area contributed by atoms with Crippen LogP contribution in [0.5, 0.6) is 0 Å². The Balaban J connectivity index is 2.15. The molecule has 0 radical (unpaired) electrons. The third-order valence-corrected chi connectivity index (χ3v) is 4.60. The minimum absolute atomic E-state index is 0.214. The maximum Gasteiger partial charge on any atom is 0.0585 e. The normalized spacial score (nSPS) is 21.8. The van der Waals surface area contributed by atoms with Crippen molar-refractivity contribution in [1.29, 1.82) is 0 Å². The Morgan fingerprint density at radius 3 is 2.65 bits per heavy atom. The van der Waals surface area contributed by atoms with E-state index in [9.17, 15) is 0 Å². The zero-order valence-electron chi connectivity index (χ0n) is 13.0. The van der Waals surface area contributed by atoms with Gasteiger partial charge in [0.2, 0.25) is 0 Å². The van der Waals surface area contributed by atoms with Crippen molar-refractivity contribution in [2.75, 3.05) is 19.7 Å². The lowest BCUT2D eigenvalue weighted by Gasteiger charge is -2.36. The second-order valence-electron chi connectivity index (χ2n) is 6.02. The van der Waals surface area contributed by atoms with Crippen molar-refractivity contribution >= 4 is 0 Å². The molecule has 0 aliphatic carbocycles. The lowest BCUT2D eigenvalue weighted by molar-refractivity contribution is 0.0800. The van der Waals surface area contributed by atoms with Gasteiger partial charge in [0.25, 0.3) is 0 Å². The molecule has 1 N–H and O–H groups in total. The van der Waals surface area contributed by atoms with Crippen molar-refractivity contribution in [1.82, 2.24) is 5.32 Å². The minimum atomic E-state index is 0.214. The highest BCUT2D eigenvalue weighted by atomic mass is 16.5. The van der Waals surface area contributed by atoms with E-state index in [-0.39, 0.29) is 5.41 Å². The summed E-state index contributed by atoms with van der Waals surface area (Å²) in [5.74, 6) is 0. The van der Waals surface area contributed by atoms with Crippen molar-refractivity contribution in [3.63, 3.8) is 0 Å². The number of hydrogen-bond acceptors (Lipinski definition) is 2. The lowest BCUT2D eigenvalue weighted by atomic mass is 9.73.